The number of benzene rings is 4. The van der Waals surface area contributed by atoms with Gasteiger partial charge in [-0.15, -0.1) is 0 Å². The lowest BCUT2D eigenvalue weighted by molar-refractivity contribution is -0.133. The molecule has 1 aliphatic rings. The van der Waals surface area contributed by atoms with Crippen molar-refractivity contribution in [1.82, 2.24) is 4.90 Å². The monoisotopic (exact) mass is 435 g/mol. The number of fused-ring (bicyclic) bond motifs is 1. The number of halogens is 1. The first-order chi connectivity index (χ1) is 16.2. The molecule has 4 aromatic carbocycles. The Morgan fingerprint density at radius 2 is 1.45 bits per heavy atom. The largest absolute Gasteiger partial charge is 0.334 e. The van der Waals surface area contributed by atoms with Crippen LogP contribution in [-0.4, -0.2) is 16.8 Å². The molecule has 33 heavy (non-hydrogen) atoms. The Labute approximate surface area is 194 Å². The normalized spacial score (nSPS) is 13.0. The maximum absolute atomic E-state index is 13.9. The van der Waals surface area contributed by atoms with Gasteiger partial charge in [0.2, 0.25) is 5.91 Å². The minimum absolute atomic E-state index is 0.0699. The molecule has 0 radical (unpaired) electrons. The average molecular weight is 436 g/mol. The third-order valence-electron chi connectivity index (χ3n) is 6.48. The molecule has 164 valence electrons. The molecule has 1 aliphatic carbocycles. The van der Waals surface area contributed by atoms with Crippen molar-refractivity contribution >= 4 is 5.91 Å². The minimum Gasteiger partial charge on any atom is -0.334 e. The van der Waals surface area contributed by atoms with E-state index >= 15 is 0 Å². The predicted molar refractivity (Wildman–Crippen MR) is 130 cm³/mol. The van der Waals surface area contributed by atoms with E-state index < -0.39 is 0 Å². The molecule has 4 aromatic rings. The minimum atomic E-state index is -0.274. The molecule has 0 aliphatic heterocycles. The lowest BCUT2D eigenvalue weighted by Gasteiger charge is -2.30. The highest BCUT2D eigenvalue weighted by atomic mass is 19.1. The van der Waals surface area contributed by atoms with Gasteiger partial charge in [0, 0.05) is 12.6 Å². The molecule has 3 heteroatoms. The van der Waals surface area contributed by atoms with Crippen LogP contribution in [0.4, 0.5) is 4.39 Å². The molecular weight excluding hydrogens is 409 g/mol. The first-order valence-electron chi connectivity index (χ1n) is 11.4. The van der Waals surface area contributed by atoms with Crippen LogP contribution in [0.3, 0.4) is 0 Å². The fourth-order valence-corrected chi connectivity index (χ4v) is 4.85. The summed E-state index contributed by atoms with van der Waals surface area (Å²) in [6.07, 6.45) is 1.97. The summed E-state index contributed by atoms with van der Waals surface area (Å²) in [6.45, 7) is 0.406. The fraction of sp³-hybridized carbons (Fsp3) is 0.167. The molecule has 0 saturated heterocycles. The van der Waals surface area contributed by atoms with Gasteiger partial charge < -0.3 is 4.90 Å². The summed E-state index contributed by atoms with van der Waals surface area (Å²) in [5, 5.41) is 0. The van der Waals surface area contributed by atoms with E-state index in [1.54, 1.807) is 6.07 Å². The summed E-state index contributed by atoms with van der Waals surface area (Å²) in [5.41, 5.74) is 6.59. The van der Waals surface area contributed by atoms with E-state index in [-0.39, 0.29) is 17.8 Å². The summed E-state index contributed by atoms with van der Waals surface area (Å²) in [6, 6.07) is 33.3. The van der Waals surface area contributed by atoms with E-state index in [4.69, 9.17) is 0 Å². The summed E-state index contributed by atoms with van der Waals surface area (Å²) in [4.78, 5) is 15.7. The molecule has 0 fully saturated rings. The predicted octanol–water partition coefficient (Wildman–Crippen LogP) is 6.23. The molecule has 0 N–H and O–H groups in total. The number of hydrogen-bond donors (Lipinski definition) is 0. The zero-order valence-electron chi connectivity index (χ0n) is 18.5. The van der Waals surface area contributed by atoms with Gasteiger partial charge in [0.15, 0.2) is 0 Å². The highest BCUT2D eigenvalue weighted by Gasteiger charge is 2.30. The van der Waals surface area contributed by atoms with Gasteiger partial charge >= 0.3 is 0 Å². The zero-order valence-corrected chi connectivity index (χ0v) is 18.5. The van der Waals surface area contributed by atoms with Gasteiger partial charge in [0.1, 0.15) is 5.82 Å². The van der Waals surface area contributed by atoms with Crippen LogP contribution in [0.2, 0.25) is 0 Å². The highest BCUT2D eigenvalue weighted by molar-refractivity contribution is 5.82. The maximum Gasteiger partial charge on any atom is 0.227 e. The van der Waals surface area contributed by atoms with E-state index in [9.17, 15) is 9.18 Å². The van der Waals surface area contributed by atoms with Crippen molar-refractivity contribution in [3.63, 3.8) is 0 Å². The number of rotatable bonds is 6. The maximum atomic E-state index is 13.9. The molecule has 5 rings (SSSR count). The van der Waals surface area contributed by atoms with Crippen molar-refractivity contribution < 1.29 is 9.18 Å². The average Bonchev–Trinajstić information content (AvgIpc) is 3.27. The van der Waals surface area contributed by atoms with Crippen molar-refractivity contribution in [3.8, 4) is 11.1 Å². The van der Waals surface area contributed by atoms with Crippen LogP contribution < -0.4 is 0 Å². The number of carbonyl (C=O) groups is 1. The second-order valence-electron chi connectivity index (χ2n) is 8.68. The second-order valence-corrected chi connectivity index (χ2v) is 8.68. The van der Waals surface area contributed by atoms with Crippen LogP contribution >= 0.6 is 0 Å². The SMILES string of the molecule is O=C(Cc1ccccc1-c1ccccc1)N(Cc1cccc(F)c1)C1Cc2ccccc2C1. The third kappa shape index (κ3) is 4.73. The van der Waals surface area contributed by atoms with Crippen molar-refractivity contribution in [2.75, 3.05) is 0 Å². The highest BCUT2D eigenvalue weighted by Crippen LogP contribution is 2.29. The van der Waals surface area contributed by atoms with E-state index in [1.807, 2.05) is 47.4 Å². The number of nitrogens with zero attached hydrogens (tertiary/aromatic N) is 1. The standard InChI is InChI=1S/C30H26FNO/c31-27-15-8-9-22(17-27)21-32(28-18-24-12-4-5-13-25(24)19-28)30(33)20-26-14-6-7-16-29(26)23-10-2-1-3-11-23/h1-17,28H,18-21H2. The quantitative estimate of drug-likeness (QED) is 0.351. The molecule has 0 unspecified atom stereocenters. The van der Waals surface area contributed by atoms with Gasteiger partial charge in [-0.1, -0.05) is 91.0 Å². The number of amides is 1. The molecule has 2 nitrogen and oxygen atoms in total. The van der Waals surface area contributed by atoms with E-state index in [1.165, 1.54) is 23.3 Å². The van der Waals surface area contributed by atoms with Gasteiger partial charge in [0.25, 0.3) is 0 Å². The smallest absolute Gasteiger partial charge is 0.227 e. The Morgan fingerprint density at radius 1 is 0.788 bits per heavy atom. The lowest BCUT2D eigenvalue weighted by Crippen LogP contribution is -2.41. The molecule has 0 bridgehead atoms. The van der Waals surface area contributed by atoms with Gasteiger partial charge in [-0.05, 0) is 58.4 Å². The first-order valence-corrected chi connectivity index (χ1v) is 11.4. The Morgan fingerprint density at radius 3 is 2.18 bits per heavy atom. The summed E-state index contributed by atoms with van der Waals surface area (Å²) < 4.78 is 13.9. The van der Waals surface area contributed by atoms with Crippen LogP contribution in [0, 0.1) is 5.82 Å². The van der Waals surface area contributed by atoms with Gasteiger partial charge in [-0.25, -0.2) is 4.39 Å². The summed E-state index contributed by atoms with van der Waals surface area (Å²) in [7, 11) is 0. The van der Waals surface area contributed by atoms with Gasteiger partial charge in [-0.2, -0.15) is 0 Å². The van der Waals surface area contributed by atoms with Crippen LogP contribution in [-0.2, 0) is 30.6 Å². The number of hydrogen-bond acceptors (Lipinski definition) is 1. The zero-order chi connectivity index (χ0) is 22.6. The Hall–Kier alpha value is -3.72. The molecule has 1 amide bonds. The lowest BCUT2D eigenvalue weighted by atomic mass is 9.97. The fourth-order valence-electron chi connectivity index (χ4n) is 4.85. The van der Waals surface area contributed by atoms with Crippen molar-refractivity contribution in [3.05, 3.63) is 131 Å². The van der Waals surface area contributed by atoms with E-state index in [0.717, 1.165) is 35.1 Å². The van der Waals surface area contributed by atoms with Gasteiger partial charge in [-0.3, -0.25) is 4.79 Å². The first kappa shape index (κ1) is 21.1. The van der Waals surface area contributed by atoms with E-state index in [2.05, 4.69) is 42.5 Å². The number of carbonyl (C=O) groups excluding carboxylic acids is 1. The van der Waals surface area contributed by atoms with Crippen molar-refractivity contribution in [1.29, 1.82) is 0 Å². The molecule has 0 saturated carbocycles. The van der Waals surface area contributed by atoms with E-state index in [0.29, 0.717) is 13.0 Å². The van der Waals surface area contributed by atoms with Crippen LogP contribution in [0.5, 0.6) is 0 Å². The third-order valence-corrected chi connectivity index (χ3v) is 6.48. The van der Waals surface area contributed by atoms with Crippen molar-refractivity contribution in [2.24, 2.45) is 0 Å². The molecular formula is C30H26FNO. The topological polar surface area (TPSA) is 20.3 Å². The summed E-state index contributed by atoms with van der Waals surface area (Å²) >= 11 is 0. The van der Waals surface area contributed by atoms with Gasteiger partial charge in [0.05, 0.1) is 6.42 Å². The molecule has 0 atom stereocenters. The molecule has 0 aromatic heterocycles. The molecule has 0 heterocycles. The van der Waals surface area contributed by atoms with Crippen LogP contribution in [0.25, 0.3) is 11.1 Å². The summed E-state index contributed by atoms with van der Waals surface area (Å²) in [5.74, 6) is -0.204. The Kier molecular flexibility index (Phi) is 6.03. The van der Waals surface area contributed by atoms with Crippen molar-refractivity contribution in [2.45, 2.75) is 31.8 Å². The van der Waals surface area contributed by atoms with Crippen LogP contribution in [0.1, 0.15) is 22.3 Å². The van der Waals surface area contributed by atoms with Crippen LogP contribution in [0.15, 0.2) is 103 Å². The second kappa shape index (κ2) is 9.41. The Balaban J connectivity index is 1.44. The molecule has 0 spiro atoms. The Bertz CT molecular complexity index is 1240.